The number of hydrogen-bond acceptors (Lipinski definition) is 3. The summed E-state index contributed by atoms with van der Waals surface area (Å²) >= 11 is 9.72. The van der Waals surface area contributed by atoms with Crippen LogP contribution in [0.2, 0.25) is 5.02 Å². The molecule has 0 aromatic heterocycles. The fraction of sp³-hybridized carbons (Fsp3) is 0.200. The zero-order valence-electron chi connectivity index (χ0n) is 11.3. The second-order valence-electron chi connectivity index (χ2n) is 4.51. The average Bonchev–Trinajstić information content (AvgIpc) is 2.42. The predicted octanol–water partition coefficient (Wildman–Crippen LogP) is 3.97. The summed E-state index contributed by atoms with van der Waals surface area (Å²) in [7, 11) is 1.64. The van der Waals surface area contributed by atoms with Crippen molar-refractivity contribution in [2.75, 3.05) is 7.11 Å². The highest BCUT2D eigenvalue weighted by molar-refractivity contribution is 9.10. The molecule has 0 aliphatic carbocycles. The number of rotatable bonds is 4. The molecule has 0 spiro atoms. The number of halogens is 2. The van der Waals surface area contributed by atoms with Crippen molar-refractivity contribution in [3.63, 3.8) is 0 Å². The van der Waals surface area contributed by atoms with Gasteiger partial charge in [0.05, 0.1) is 13.2 Å². The number of benzene rings is 2. The van der Waals surface area contributed by atoms with E-state index in [1.165, 1.54) is 0 Å². The standard InChI is InChI=1S/C15H16BrClN2O/c1-9-3-6-14(20-2)12(7-9)15(19-18)11-5-4-10(16)8-13(11)17/h3-8,15,19H,18H2,1-2H3. The topological polar surface area (TPSA) is 47.3 Å². The Balaban J connectivity index is 2.54. The van der Waals surface area contributed by atoms with E-state index in [1.807, 2.05) is 43.3 Å². The van der Waals surface area contributed by atoms with Crippen LogP contribution in [0.1, 0.15) is 22.7 Å². The fourth-order valence-electron chi connectivity index (χ4n) is 2.16. The van der Waals surface area contributed by atoms with Gasteiger partial charge in [-0.05, 0) is 30.7 Å². The molecule has 3 nitrogen and oxygen atoms in total. The normalized spacial score (nSPS) is 12.2. The lowest BCUT2D eigenvalue weighted by Gasteiger charge is -2.21. The molecule has 0 amide bonds. The molecule has 0 aliphatic rings. The van der Waals surface area contributed by atoms with Gasteiger partial charge < -0.3 is 4.74 Å². The molecule has 2 aromatic carbocycles. The number of methoxy groups -OCH3 is 1. The first kappa shape index (κ1) is 15.3. The summed E-state index contributed by atoms with van der Waals surface area (Å²) in [5.74, 6) is 6.52. The van der Waals surface area contributed by atoms with Crippen LogP contribution in [0.25, 0.3) is 0 Å². The van der Waals surface area contributed by atoms with Gasteiger partial charge in [-0.3, -0.25) is 5.84 Å². The Morgan fingerprint density at radius 2 is 1.95 bits per heavy atom. The number of aryl methyl sites for hydroxylation is 1. The molecule has 0 fully saturated rings. The van der Waals surface area contributed by atoms with E-state index in [0.29, 0.717) is 5.02 Å². The summed E-state index contributed by atoms with van der Waals surface area (Å²) in [4.78, 5) is 0. The van der Waals surface area contributed by atoms with Crippen molar-refractivity contribution < 1.29 is 4.74 Å². The molecule has 20 heavy (non-hydrogen) atoms. The Labute approximate surface area is 132 Å². The molecule has 3 N–H and O–H groups in total. The molecule has 0 saturated carbocycles. The van der Waals surface area contributed by atoms with Gasteiger partial charge in [0.15, 0.2) is 0 Å². The minimum absolute atomic E-state index is 0.231. The fourth-order valence-corrected chi connectivity index (χ4v) is 2.94. The molecule has 2 aromatic rings. The van der Waals surface area contributed by atoms with E-state index >= 15 is 0 Å². The van der Waals surface area contributed by atoms with E-state index in [2.05, 4.69) is 21.4 Å². The number of hydrazine groups is 1. The third-order valence-corrected chi connectivity index (χ3v) is 3.96. The van der Waals surface area contributed by atoms with E-state index in [0.717, 1.165) is 26.9 Å². The first-order valence-electron chi connectivity index (χ1n) is 6.12. The maximum Gasteiger partial charge on any atom is 0.124 e. The van der Waals surface area contributed by atoms with Gasteiger partial charge in [0, 0.05) is 15.1 Å². The highest BCUT2D eigenvalue weighted by atomic mass is 79.9. The number of nitrogens with two attached hydrogens (primary N) is 1. The number of nitrogens with one attached hydrogen (secondary N) is 1. The lowest BCUT2D eigenvalue weighted by molar-refractivity contribution is 0.404. The molecule has 0 heterocycles. The summed E-state index contributed by atoms with van der Waals surface area (Å²) < 4.78 is 6.35. The van der Waals surface area contributed by atoms with Gasteiger partial charge in [-0.25, -0.2) is 5.43 Å². The van der Waals surface area contributed by atoms with Crippen LogP contribution >= 0.6 is 27.5 Å². The minimum atomic E-state index is -0.231. The van der Waals surface area contributed by atoms with Crippen LogP contribution in [0, 0.1) is 6.92 Å². The van der Waals surface area contributed by atoms with Crippen LogP contribution in [0.4, 0.5) is 0 Å². The van der Waals surface area contributed by atoms with Gasteiger partial charge in [0.2, 0.25) is 0 Å². The van der Waals surface area contributed by atoms with Gasteiger partial charge in [0.25, 0.3) is 0 Å². The van der Waals surface area contributed by atoms with E-state index in [1.54, 1.807) is 7.11 Å². The van der Waals surface area contributed by atoms with Crippen molar-refractivity contribution in [2.45, 2.75) is 13.0 Å². The van der Waals surface area contributed by atoms with Gasteiger partial charge in [-0.2, -0.15) is 0 Å². The van der Waals surface area contributed by atoms with Crippen LogP contribution in [-0.4, -0.2) is 7.11 Å². The third kappa shape index (κ3) is 3.15. The third-order valence-electron chi connectivity index (χ3n) is 3.14. The smallest absolute Gasteiger partial charge is 0.124 e. The SMILES string of the molecule is COc1ccc(C)cc1C(NN)c1ccc(Br)cc1Cl. The van der Waals surface area contributed by atoms with Crippen LogP contribution in [0.3, 0.4) is 0 Å². The summed E-state index contributed by atoms with van der Waals surface area (Å²) in [5, 5.41) is 0.644. The molecule has 1 unspecified atom stereocenters. The predicted molar refractivity (Wildman–Crippen MR) is 86.0 cm³/mol. The molecular weight excluding hydrogens is 340 g/mol. The second kappa shape index (κ2) is 6.59. The van der Waals surface area contributed by atoms with Gasteiger partial charge in [-0.15, -0.1) is 0 Å². The zero-order valence-corrected chi connectivity index (χ0v) is 13.6. The van der Waals surface area contributed by atoms with Crippen LogP contribution < -0.4 is 16.0 Å². The first-order chi connectivity index (χ1) is 9.56. The van der Waals surface area contributed by atoms with Crippen molar-refractivity contribution in [2.24, 2.45) is 5.84 Å². The van der Waals surface area contributed by atoms with Crippen molar-refractivity contribution in [1.82, 2.24) is 5.43 Å². The average molecular weight is 356 g/mol. The molecule has 5 heteroatoms. The lowest BCUT2D eigenvalue weighted by atomic mass is 9.97. The van der Waals surface area contributed by atoms with Crippen molar-refractivity contribution in [3.8, 4) is 5.75 Å². The van der Waals surface area contributed by atoms with Crippen LogP contribution in [0.15, 0.2) is 40.9 Å². The van der Waals surface area contributed by atoms with E-state index in [9.17, 15) is 0 Å². The maximum atomic E-state index is 6.32. The summed E-state index contributed by atoms with van der Waals surface area (Å²) in [5.41, 5.74) is 5.81. The van der Waals surface area contributed by atoms with Gasteiger partial charge in [0.1, 0.15) is 5.75 Å². The Bertz CT molecular complexity index is 619. The Morgan fingerprint density at radius 3 is 2.55 bits per heavy atom. The molecule has 2 rings (SSSR count). The van der Waals surface area contributed by atoms with Gasteiger partial charge >= 0.3 is 0 Å². The van der Waals surface area contributed by atoms with E-state index in [-0.39, 0.29) is 6.04 Å². The molecular formula is C15H16BrClN2O. The van der Waals surface area contributed by atoms with Crippen molar-refractivity contribution in [3.05, 3.63) is 62.6 Å². The number of ether oxygens (including phenoxy) is 1. The van der Waals surface area contributed by atoms with Crippen LogP contribution in [0.5, 0.6) is 5.75 Å². The zero-order chi connectivity index (χ0) is 14.7. The van der Waals surface area contributed by atoms with Crippen molar-refractivity contribution in [1.29, 1.82) is 0 Å². The van der Waals surface area contributed by atoms with Gasteiger partial charge in [-0.1, -0.05) is 51.3 Å². The van der Waals surface area contributed by atoms with E-state index < -0.39 is 0 Å². The number of hydrogen-bond donors (Lipinski definition) is 2. The maximum absolute atomic E-state index is 6.32. The lowest BCUT2D eigenvalue weighted by Crippen LogP contribution is -2.29. The second-order valence-corrected chi connectivity index (χ2v) is 5.83. The summed E-state index contributed by atoms with van der Waals surface area (Å²) in [6.07, 6.45) is 0. The molecule has 0 saturated heterocycles. The molecule has 0 radical (unpaired) electrons. The summed E-state index contributed by atoms with van der Waals surface area (Å²) in [6.45, 7) is 2.03. The Morgan fingerprint density at radius 1 is 1.20 bits per heavy atom. The minimum Gasteiger partial charge on any atom is -0.496 e. The molecule has 1 atom stereocenters. The van der Waals surface area contributed by atoms with Crippen molar-refractivity contribution >= 4 is 27.5 Å². The Kier molecular flexibility index (Phi) is 5.05. The largest absolute Gasteiger partial charge is 0.496 e. The first-order valence-corrected chi connectivity index (χ1v) is 7.29. The Hall–Kier alpha value is -1.07. The highest BCUT2D eigenvalue weighted by Crippen LogP contribution is 2.34. The van der Waals surface area contributed by atoms with E-state index in [4.69, 9.17) is 22.2 Å². The monoisotopic (exact) mass is 354 g/mol. The molecule has 0 bridgehead atoms. The highest BCUT2D eigenvalue weighted by Gasteiger charge is 2.19. The molecule has 106 valence electrons. The quantitative estimate of drug-likeness (QED) is 0.644. The summed E-state index contributed by atoms with van der Waals surface area (Å²) in [6, 6.07) is 11.5. The van der Waals surface area contributed by atoms with Crippen LogP contribution in [-0.2, 0) is 0 Å². The molecule has 0 aliphatic heterocycles.